The Hall–Kier alpha value is -3.16. The molecule has 0 spiro atoms. The van der Waals surface area contributed by atoms with Gasteiger partial charge in [0.2, 0.25) is 0 Å². The summed E-state index contributed by atoms with van der Waals surface area (Å²) in [5.41, 5.74) is 3.11. The Morgan fingerprint density at radius 3 is 2.61 bits per heavy atom. The molecule has 0 aliphatic carbocycles. The van der Waals surface area contributed by atoms with E-state index in [2.05, 4.69) is 16.4 Å². The zero-order chi connectivity index (χ0) is 20.5. The predicted molar refractivity (Wildman–Crippen MR) is 105 cm³/mol. The molecule has 1 aromatic carbocycles. The zero-order valence-electron chi connectivity index (χ0n) is 16.5. The van der Waals surface area contributed by atoms with Gasteiger partial charge in [-0.25, -0.2) is 9.78 Å². The second kappa shape index (κ2) is 7.46. The Morgan fingerprint density at radius 2 is 1.96 bits per heavy atom. The maximum Gasteiger partial charge on any atom is 0.410 e. The minimum Gasteiger partial charge on any atom is -0.444 e. The number of hydrogen-bond acceptors (Lipinski definition) is 6. The van der Waals surface area contributed by atoms with E-state index in [1.54, 1.807) is 17.9 Å². The number of carbonyl (C=O) groups is 1. The van der Waals surface area contributed by atoms with Crippen molar-refractivity contribution < 1.29 is 14.5 Å². The standard InChI is InChI=1S/C20H24N4O4/c1-13-17(24(26)27)7-8-18(22-13)21-10-14-5-6-15-11-23(12-16(15)9-14)19(25)28-20(2,3)4/h5-9H,10-12H2,1-4H3,(H,21,22). The zero-order valence-corrected chi connectivity index (χ0v) is 16.5. The van der Waals surface area contributed by atoms with Crippen LogP contribution >= 0.6 is 0 Å². The average Bonchev–Trinajstić information content (AvgIpc) is 3.01. The van der Waals surface area contributed by atoms with E-state index in [4.69, 9.17) is 4.74 Å². The van der Waals surface area contributed by atoms with E-state index in [0.717, 1.165) is 16.7 Å². The molecule has 0 fully saturated rings. The number of hydrogen-bond donors (Lipinski definition) is 1. The van der Waals surface area contributed by atoms with Gasteiger partial charge in [-0.05, 0) is 50.5 Å². The Kier molecular flexibility index (Phi) is 5.22. The lowest BCUT2D eigenvalue weighted by molar-refractivity contribution is -0.385. The van der Waals surface area contributed by atoms with E-state index in [9.17, 15) is 14.9 Å². The van der Waals surface area contributed by atoms with Gasteiger partial charge in [0.25, 0.3) is 5.69 Å². The summed E-state index contributed by atoms with van der Waals surface area (Å²) in [4.78, 5) is 28.6. The molecule has 0 saturated carbocycles. The van der Waals surface area contributed by atoms with Gasteiger partial charge in [0.1, 0.15) is 17.1 Å². The van der Waals surface area contributed by atoms with E-state index in [1.165, 1.54) is 6.07 Å². The summed E-state index contributed by atoms with van der Waals surface area (Å²) < 4.78 is 5.44. The van der Waals surface area contributed by atoms with E-state index in [-0.39, 0.29) is 11.8 Å². The Morgan fingerprint density at radius 1 is 1.25 bits per heavy atom. The predicted octanol–water partition coefficient (Wildman–Crippen LogP) is 4.16. The molecule has 3 rings (SSSR count). The summed E-state index contributed by atoms with van der Waals surface area (Å²) in [6.45, 7) is 8.77. The summed E-state index contributed by atoms with van der Waals surface area (Å²) in [6, 6.07) is 9.13. The van der Waals surface area contributed by atoms with Crippen LogP contribution in [0.15, 0.2) is 30.3 Å². The van der Waals surface area contributed by atoms with Gasteiger partial charge in [0.15, 0.2) is 0 Å². The molecule has 1 N–H and O–H groups in total. The smallest absolute Gasteiger partial charge is 0.410 e. The lowest BCUT2D eigenvalue weighted by atomic mass is 10.1. The Bertz CT molecular complexity index is 921. The number of pyridine rings is 1. The number of nitrogens with zero attached hydrogens (tertiary/aromatic N) is 3. The molecule has 1 aliphatic heterocycles. The molecule has 2 aromatic rings. The topological polar surface area (TPSA) is 97.6 Å². The fourth-order valence-electron chi connectivity index (χ4n) is 3.05. The highest BCUT2D eigenvalue weighted by molar-refractivity contribution is 5.69. The Balaban J connectivity index is 1.63. The van der Waals surface area contributed by atoms with Gasteiger partial charge in [-0.15, -0.1) is 0 Å². The van der Waals surface area contributed by atoms with Crippen molar-refractivity contribution in [3.63, 3.8) is 0 Å². The molecule has 0 unspecified atom stereocenters. The minimum atomic E-state index is -0.517. The third-order valence-corrected chi connectivity index (χ3v) is 4.37. The maximum absolute atomic E-state index is 12.3. The molecule has 28 heavy (non-hydrogen) atoms. The van der Waals surface area contributed by atoms with E-state index >= 15 is 0 Å². The van der Waals surface area contributed by atoms with E-state index in [0.29, 0.717) is 31.1 Å². The minimum absolute atomic E-state index is 0.00492. The summed E-state index contributed by atoms with van der Waals surface area (Å²) in [5, 5.41) is 14.1. The second-order valence-corrected chi connectivity index (χ2v) is 7.85. The lowest BCUT2D eigenvalue weighted by Gasteiger charge is -2.24. The van der Waals surface area contributed by atoms with Gasteiger partial charge >= 0.3 is 6.09 Å². The largest absolute Gasteiger partial charge is 0.444 e. The molecular formula is C20H24N4O4. The molecule has 1 amide bonds. The molecule has 0 saturated heterocycles. The van der Waals surface area contributed by atoms with Crippen molar-refractivity contribution in [3.05, 3.63) is 62.8 Å². The van der Waals surface area contributed by atoms with Crippen molar-refractivity contribution in [2.45, 2.75) is 52.9 Å². The van der Waals surface area contributed by atoms with Gasteiger partial charge < -0.3 is 10.1 Å². The van der Waals surface area contributed by atoms with Gasteiger partial charge in [-0.3, -0.25) is 15.0 Å². The number of rotatable bonds is 4. The monoisotopic (exact) mass is 384 g/mol. The third kappa shape index (κ3) is 4.57. The number of fused-ring (bicyclic) bond motifs is 1. The van der Waals surface area contributed by atoms with E-state index in [1.807, 2.05) is 32.9 Å². The SMILES string of the molecule is Cc1nc(NCc2ccc3c(c2)CN(C(=O)OC(C)(C)C)C3)ccc1[N+](=O)[O-]. The molecule has 1 aliphatic rings. The molecular weight excluding hydrogens is 360 g/mol. The molecule has 0 bridgehead atoms. The summed E-state index contributed by atoms with van der Waals surface area (Å²) in [5.74, 6) is 0.582. The number of anilines is 1. The fourth-order valence-corrected chi connectivity index (χ4v) is 3.05. The van der Waals surface area contributed by atoms with Crippen molar-refractivity contribution in [1.29, 1.82) is 0 Å². The van der Waals surface area contributed by atoms with Gasteiger partial charge in [-0.2, -0.15) is 0 Å². The highest BCUT2D eigenvalue weighted by atomic mass is 16.6. The number of aryl methyl sites for hydroxylation is 1. The molecule has 0 radical (unpaired) electrons. The van der Waals surface area contributed by atoms with Gasteiger partial charge in [-0.1, -0.05) is 18.2 Å². The van der Waals surface area contributed by atoms with Crippen LogP contribution < -0.4 is 5.32 Å². The second-order valence-electron chi connectivity index (χ2n) is 7.85. The van der Waals surface area contributed by atoms with Gasteiger partial charge in [0, 0.05) is 25.7 Å². The molecule has 8 heteroatoms. The number of benzene rings is 1. The number of nitrogens with one attached hydrogen (secondary N) is 1. The summed E-state index contributed by atoms with van der Waals surface area (Å²) in [6.07, 6.45) is -0.311. The first-order valence-electron chi connectivity index (χ1n) is 9.07. The van der Waals surface area contributed by atoms with Crippen LogP contribution in [0.2, 0.25) is 0 Å². The Labute approximate surface area is 163 Å². The molecule has 8 nitrogen and oxygen atoms in total. The maximum atomic E-state index is 12.3. The van der Waals surface area contributed by atoms with Crippen LogP contribution in [-0.2, 0) is 24.4 Å². The quantitative estimate of drug-likeness (QED) is 0.628. The van der Waals surface area contributed by atoms with Crippen LogP contribution in [-0.4, -0.2) is 26.5 Å². The van der Waals surface area contributed by atoms with Crippen LogP contribution in [0.4, 0.5) is 16.3 Å². The normalized spacial score (nSPS) is 13.2. The molecule has 2 heterocycles. The number of amides is 1. The fraction of sp³-hybridized carbons (Fsp3) is 0.400. The highest BCUT2D eigenvalue weighted by Crippen LogP contribution is 2.26. The van der Waals surface area contributed by atoms with Crippen LogP contribution in [0.25, 0.3) is 0 Å². The number of ether oxygens (including phenoxy) is 1. The number of aromatic nitrogens is 1. The number of nitro groups is 1. The van der Waals surface area contributed by atoms with Crippen molar-refractivity contribution in [2.75, 3.05) is 5.32 Å². The molecule has 148 valence electrons. The highest BCUT2D eigenvalue weighted by Gasteiger charge is 2.27. The number of carbonyl (C=O) groups excluding carboxylic acids is 1. The van der Waals surface area contributed by atoms with Crippen molar-refractivity contribution in [1.82, 2.24) is 9.88 Å². The first kappa shape index (κ1) is 19.6. The molecule has 0 atom stereocenters. The van der Waals surface area contributed by atoms with E-state index < -0.39 is 10.5 Å². The van der Waals surface area contributed by atoms with Crippen LogP contribution in [0, 0.1) is 17.0 Å². The van der Waals surface area contributed by atoms with Crippen molar-refractivity contribution in [3.8, 4) is 0 Å². The van der Waals surface area contributed by atoms with Crippen LogP contribution in [0.3, 0.4) is 0 Å². The first-order chi connectivity index (χ1) is 13.1. The average molecular weight is 384 g/mol. The summed E-state index contributed by atoms with van der Waals surface area (Å²) >= 11 is 0. The molecule has 1 aromatic heterocycles. The van der Waals surface area contributed by atoms with Crippen molar-refractivity contribution >= 4 is 17.6 Å². The van der Waals surface area contributed by atoms with Crippen molar-refractivity contribution in [2.24, 2.45) is 0 Å². The van der Waals surface area contributed by atoms with Gasteiger partial charge in [0.05, 0.1) is 4.92 Å². The lowest BCUT2D eigenvalue weighted by Crippen LogP contribution is -2.33. The first-order valence-corrected chi connectivity index (χ1v) is 9.07. The summed E-state index contributed by atoms with van der Waals surface area (Å²) in [7, 11) is 0. The third-order valence-electron chi connectivity index (χ3n) is 4.37. The van der Waals surface area contributed by atoms with Crippen LogP contribution in [0.1, 0.15) is 43.2 Å². The van der Waals surface area contributed by atoms with Crippen LogP contribution in [0.5, 0.6) is 0 Å².